The SMILES string of the molecule is CC(O)(CNC(=O)CCc1ccc(F)cc1)c1ccc(F)cc1F. The Bertz CT molecular complexity index is 715. The summed E-state index contributed by atoms with van der Waals surface area (Å²) in [5.74, 6) is -2.29. The van der Waals surface area contributed by atoms with Crippen LogP contribution in [0, 0.1) is 17.5 Å². The summed E-state index contributed by atoms with van der Waals surface area (Å²) < 4.78 is 39.4. The van der Waals surface area contributed by atoms with Crippen LogP contribution in [0.5, 0.6) is 0 Å². The molecule has 3 nitrogen and oxygen atoms in total. The summed E-state index contributed by atoms with van der Waals surface area (Å²) in [7, 11) is 0. The molecule has 6 heteroatoms. The quantitative estimate of drug-likeness (QED) is 0.851. The van der Waals surface area contributed by atoms with Crippen LogP contribution in [0.2, 0.25) is 0 Å². The summed E-state index contributed by atoms with van der Waals surface area (Å²) >= 11 is 0. The van der Waals surface area contributed by atoms with E-state index in [0.717, 1.165) is 17.7 Å². The van der Waals surface area contributed by atoms with Crippen molar-refractivity contribution in [3.63, 3.8) is 0 Å². The van der Waals surface area contributed by atoms with Crippen molar-refractivity contribution in [2.75, 3.05) is 6.54 Å². The standard InChI is InChI=1S/C18H18F3NO2/c1-18(24,15-8-7-14(20)10-16(15)21)11-22-17(23)9-4-12-2-5-13(19)6-3-12/h2-3,5-8,10,24H,4,9,11H2,1H3,(H,22,23). The van der Waals surface area contributed by atoms with Crippen LogP contribution in [-0.4, -0.2) is 17.6 Å². The molecule has 0 aliphatic heterocycles. The van der Waals surface area contributed by atoms with E-state index in [4.69, 9.17) is 0 Å². The number of benzene rings is 2. The van der Waals surface area contributed by atoms with Gasteiger partial charge in [0.25, 0.3) is 0 Å². The average molecular weight is 337 g/mol. The summed E-state index contributed by atoms with van der Waals surface area (Å²) in [6.45, 7) is 1.13. The molecule has 0 fully saturated rings. The van der Waals surface area contributed by atoms with Gasteiger partial charge >= 0.3 is 0 Å². The summed E-state index contributed by atoms with van der Waals surface area (Å²) in [6, 6.07) is 8.68. The molecule has 0 saturated heterocycles. The van der Waals surface area contributed by atoms with Gasteiger partial charge in [0.1, 0.15) is 23.1 Å². The van der Waals surface area contributed by atoms with Crippen LogP contribution in [0.15, 0.2) is 42.5 Å². The van der Waals surface area contributed by atoms with Gasteiger partial charge in [-0.2, -0.15) is 0 Å². The van der Waals surface area contributed by atoms with Crippen molar-refractivity contribution in [1.29, 1.82) is 0 Å². The van der Waals surface area contributed by atoms with E-state index in [0.29, 0.717) is 12.5 Å². The molecule has 1 unspecified atom stereocenters. The fourth-order valence-corrected chi connectivity index (χ4v) is 2.29. The monoisotopic (exact) mass is 337 g/mol. The molecule has 2 N–H and O–H groups in total. The van der Waals surface area contributed by atoms with Gasteiger partial charge in [-0.1, -0.05) is 18.2 Å². The maximum atomic E-state index is 13.7. The lowest BCUT2D eigenvalue weighted by Crippen LogP contribution is -2.39. The second kappa shape index (κ2) is 7.49. The van der Waals surface area contributed by atoms with E-state index in [1.807, 2.05) is 0 Å². The van der Waals surface area contributed by atoms with Crippen LogP contribution in [0.3, 0.4) is 0 Å². The summed E-state index contributed by atoms with van der Waals surface area (Å²) in [4.78, 5) is 11.9. The molecule has 0 aliphatic carbocycles. The van der Waals surface area contributed by atoms with Gasteiger partial charge in [-0.05, 0) is 37.1 Å². The fourth-order valence-electron chi connectivity index (χ4n) is 2.29. The Kier molecular flexibility index (Phi) is 5.62. The van der Waals surface area contributed by atoms with Crippen molar-refractivity contribution in [3.05, 3.63) is 71.0 Å². The summed E-state index contributed by atoms with van der Waals surface area (Å²) in [6.07, 6.45) is 0.562. The number of hydrogen-bond donors (Lipinski definition) is 2. The van der Waals surface area contributed by atoms with Gasteiger partial charge in [0.2, 0.25) is 5.91 Å². The lowest BCUT2D eigenvalue weighted by Gasteiger charge is -2.24. The summed E-state index contributed by atoms with van der Waals surface area (Å²) in [5, 5.41) is 12.8. The fraction of sp³-hybridized carbons (Fsp3) is 0.278. The summed E-state index contributed by atoms with van der Waals surface area (Å²) in [5.41, 5.74) is -0.950. The highest BCUT2D eigenvalue weighted by Gasteiger charge is 2.27. The first-order valence-corrected chi connectivity index (χ1v) is 7.47. The molecule has 2 aromatic carbocycles. The van der Waals surface area contributed by atoms with E-state index in [1.54, 1.807) is 12.1 Å². The maximum absolute atomic E-state index is 13.7. The Morgan fingerprint density at radius 2 is 1.71 bits per heavy atom. The zero-order valence-electron chi connectivity index (χ0n) is 13.2. The van der Waals surface area contributed by atoms with Crippen LogP contribution in [0.1, 0.15) is 24.5 Å². The lowest BCUT2D eigenvalue weighted by molar-refractivity contribution is -0.122. The predicted octanol–water partition coefficient (Wildman–Crippen LogP) is 3.06. The highest BCUT2D eigenvalue weighted by molar-refractivity contribution is 5.76. The van der Waals surface area contributed by atoms with Crippen molar-refractivity contribution in [2.45, 2.75) is 25.4 Å². The lowest BCUT2D eigenvalue weighted by atomic mass is 9.95. The molecular weight excluding hydrogens is 319 g/mol. The number of aryl methyl sites for hydroxylation is 1. The van der Waals surface area contributed by atoms with Gasteiger partial charge in [0.05, 0.1) is 6.54 Å². The second-order valence-electron chi connectivity index (χ2n) is 5.80. The number of hydrogen-bond acceptors (Lipinski definition) is 2. The smallest absolute Gasteiger partial charge is 0.220 e. The molecule has 0 spiro atoms. The van der Waals surface area contributed by atoms with Gasteiger partial charge in [-0.3, -0.25) is 4.79 Å². The van der Waals surface area contributed by atoms with Gasteiger partial charge in [0.15, 0.2) is 0 Å². The highest BCUT2D eigenvalue weighted by atomic mass is 19.1. The average Bonchev–Trinajstić information content (AvgIpc) is 2.52. The molecule has 128 valence electrons. The molecule has 1 atom stereocenters. The minimum Gasteiger partial charge on any atom is -0.383 e. The number of nitrogens with one attached hydrogen (secondary N) is 1. The third-order valence-electron chi connectivity index (χ3n) is 3.70. The van der Waals surface area contributed by atoms with Crippen molar-refractivity contribution in [2.24, 2.45) is 0 Å². The molecule has 0 radical (unpaired) electrons. The minimum absolute atomic E-state index is 0.0947. The van der Waals surface area contributed by atoms with Crippen molar-refractivity contribution in [1.82, 2.24) is 5.32 Å². The van der Waals surface area contributed by atoms with E-state index in [-0.39, 0.29) is 30.3 Å². The van der Waals surface area contributed by atoms with E-state index in [1.165, 1.54) is 19.1 Å². The van der Waals surface area contributed by atoms with Crippen molar-refractivity contribution >= 4 is 5.91 Å². The second-order valence-corrected chi connectivity index (χ2v) is 5.80. The van der Waals surface area contributed by atoms with Crippen LogP contribution in [0.4, 0.5) is 13.2 Å². The minimum atomic E-state index is -1.66. The molecule has 24 heavy (non-hydrogen) atoms. The van der Waals surface area contributed by atoms with Crippen molar-refractivity contribution < 1.29 is 23.1 Å². The Hall–Kier alpha value is -2.34. The van der Waals surface area contributed by atoms with Crippen molar-refractivity contribution in [3.8, 4) is 0 Å². The van der Waals surface area contributed by atoms with Crippen LogP contribution < -0.4 is 5.32 Å². The van der Waals surface area contributed by atoms with Gasteiger partial charge in [-0.25, -0.2) is 13.2 Å². The molecule has 2 aromatic rings. The van der Waals surface area contributed by atoms with E-state index < -0.39 is 17.2 Å². The van der Waals surface area contributed by atoms with Crippen LogP contribution in [-0.2, 0) is 16.8 Å². The van der Waals surface area contributed by atoms with Gasteiger partial charge in [-0.15, -0.1) is 0 Å². The molecule has 0 aromatic heterocycles. The number of amides is 1. The Morgan fingerprint density at radius 3 is 2.33 bits per heavy atom. The Balaban J connectivity index is 1.89. The molecule has 2 rings (SSSR count). The van der Waals surface area contributed by atoms with E-state index >= 15 is 0 Å². The molecule has 0 heterocycles. The van der Waals surface area contributed by atoms with E-state index in [9.17, 15) is 23.1 Å². The number of rotatable bonds is 6. The van der Waals surface area contributed by atoms with Gasteiger partial charge in [0, 0.05) is 18.1 Å². The number of aliphatic hydroxyl groups is 1. The van der Waals surface area contributed by atoms with E-state index in [2.05, 4.69) is 5.32 Å². The molecule has 0 aliphatic rings. The topological polar surface area (TPSA) is 49.3 Å². The molecule has 0 saturated carbocycles. The molecule has 1 amide bonds. The number of carbonyl (C=O) groups excluding carboxylic acids is 1. The number of halogens is 3. The zero-order chi connectivity index (χ0) is 17.7. The highest BCUT2D eigenvalue weighted by Crippen LogP contribution is 2.23. The third-order valence-corrected chi connectivity index (χ3v) is 3.70. The first-order chi connectivity index (χ1) is 11.3. The zero-order valence-corrected chi connectivity index (χ0v) is 13.2. The van der Waals surface area contributed by atoms with Crippen LogP contribution in [0.25, 0.3) is 0 Å². The Labute approximate surface area is 138 Å². The molecular formula is C18H18F3NO2. The normalized spacial score (nSPS) is 13.4. The maximum Gasteiger partial charge on any atom is 0.220 e. The van der Waals surface area contributed by atoms with Gasteiger partial charge < -0.3 is 10.4 Å². The first kappa shape index (κ1) is 18.0. The Morgan fingerprint density at radius 1 is 1.08 bits per heavy atom. The van der Waals surface area contributed by atoms with Crippen LogP contribution >= 0.6 is 0 Å². The number of carbonyl (C=O) groups is 1. The largest absolute Gasteiger partial charge is 0.383 e. The predicted molar refractivity (Wildman–Crippen MR) is 83.7 cm³/mol. The third kappa shape index (κ3) is 4.83. The first-order valence-electron chi connectivity index (χ1n) is 7.47. The molecule has 0 bridgehead atoms.